The summed E-state index contributed by atoms with van der Waals surface area (Å²) in [6.07, 6.45) is 1.64. The van der Waals surface area contributed by atoms with Gasteiger partial charge in [-0.15, -0.1) is 0 Å². The van der Waals surface area contributed by atoms with Crippen molar-refractivity contribution in [3.63, 3.8) is 0 Å². The van der Waals surface area contributed by atoms with Gasteiger partial charge >= 0.3 is 0 Å². The summed E-state index contributed by atoms with van der Waals surface area (Å²) in [5.74, 6) is -0.621. The molecule has 0 aliphatic carbocycles. The highest BCUT2D eigenvalue weighted by molar-refractivity contribution is 5.96. The molecule has 1 saturated heterocycles. The van der Waals surface area contributed by atoms with Gasteiger partial charge in [0.2, 0.25) is 0 Å². The first-order valence-corrected chi connectivity index (χ1v) is 12.1. The van der Waals surface area contributed by atoms with Gasteiger partial charge in [0.1, 0.15) is 17.2 Å². The number of furan rings is 1. The summed E-state index contributed by atoms with van der Waals surface area (Å²) in [4.78, 5) is 14.7. The second-order valence-electron chi connectivity index (χ2n) is 9.39. The number of fused-ring (bicyclic) bond motifs is 1. The maximum atomic E-state index is 14.0. The van der Waals surface area contributed by atoms with E-state index in [1.54, 1.807) is 36.4 Å². The lowest BCUT2D eigenvalue weighted by molar-refractivity contribution is -0.0278. The number of hydrogen-bond donors (Lipinski definition) is 2. The van der Waals surface area contributed by atoms with Crippen LogP contribution in [0.5, 0.6) is 0 Å². The summed E-state index contributed by atoms with van der Waals surface area (Å²) in [6, 6.07) is 20.1. The number of hydrogen-bond acceptors (Lipinski definition) is 4. The summed E-state index contributed by atoms with van der Waals surface area (Å²) in [5.41, 5.74) is 1.95. The Balaban J connectivity index is 1.20. The van der Waals surface area contributed by atoms with Crippen LogP contribution in [0.1, 0.15) is 40.1 Å². The highest BCUT2D eigenvalue weighted by Gasteiger charge is 2.34. The van der Waals surface area contributed by atoms with Crippen LogP contribution in [0.2, 0.25) is 0 Å². The van der Waals surface area contributed by atoms with Gasteiger partial charge in [-0.1, -0.05) is 36.4 Å². The van der Waals surface area contributed by atoms with Gasteiger partial charge in [0.15, 0.2) is 5.76 Å². The van der Waals surface area contributed by atoms with Crippen molar-refractivity contribution in [1.29, 1.82) is 0 Å². The molecule has 0 bridgehead atoms. The first-order chi connectivity index (χ1) is 17.4. The highest BCUT2D eigenvalue weighted by Crippen LogP contribution is 2.35. The molecule has 1 aliphatic rings. The Hall–Kier alpha value is -3.55. The molecule has 1 fully saturated rings. The molecule has 7 heteroatoms. The zero-order valence-electron chi connectivity index (χ0n) is 19.8. The predicted molar refractivity (Wildman–Crippen MR) is 133 cm³/mol. The minimum absolute atomic E-state index is 0.202. The molecule has 186 valence electrons. The first kappa shape index (κ1) is 24.2. The number of aliphatic hydroxyl groups is 1. The van der Waals surface area contributed by atoms with Crippen LogP contribution in [0.4, 0.5) is 8.78 Å². The lowest BCUT2D eigenvalue weighted by atomic mass is 9.84. The van der Waals surface area contributed by atoms with Crippen molar-refractivity contribution in [2.45, 2.75) is 31.4 Å². The second kappa shape index (κ2) is 10.2. The van der Waals surface area contributed by atoms with Gasteiger partial charge in [0.25, 0.3) is 5.91 Å². The Morgan fingerprint density at radius 3 is 2.50 bits per heavy atom. The number of likely N-dealkylation sites (tertiary alicyclic amines) is 1. The van der Waals surface area contributed by atoms with Crippen molar-refractivity contribution in [3.05, 3.63) is 107 Å². The Kier molecular flexibility index (Phi) is 6.85. The van der Waals surface area contributed by atoms with Crippen LogP contribution in [0.3, 0.4) is 0 Å². The highest BCUT2D eigenvalue weighted by atomic mass is 19.1. The summed E-state index contributed by atoms with van der Waals surface area (Å²) < 4.78 is 32.8. The molecule has 1 aromatic heterocycles. The summed E-state index contributed by atoms with van der Waals surface area (Å²) in [5, 5.41) is 14.9. The molecular formula is C29H28F2N2O3. The third-order valence-corrected chi connectivity index (χ3v) is 6.92. The molecule has 2 heterocycles. The summed E-state index contributed by atoms with van der Waals surface area (Å²) in [6.45, 7) is 2.21. The topological polar surface area (TPSA) is 65.7 Å². The van der Waals surface area contributed by atoms with Crippen LogP contribution in [-0.2, 0) is 18.6 Å². The van der Waals surface area contributed by atoms with E-state index >= 15 is 0 Å². The van der Waals surface area contributed by atoms with Crippen LogP contribution in [0.25, 0.3) is 11.0 Å². The summed E-state index contributed by atoms with van der Waals surface area (Å²) >= 11 is 0. The smallest absolute Gasteiger partial charge is 0.287 e. The molecule has 3 aromatic carbocycles. The molecule has 5 nitrogen and oxygen atoms in total. The van der Waals surface area contributed by atoms with Gasteiger partial charge in [-0.2, -0.15) is 0 Å². The zero-order valence-corrected chi connectivity index (χ0v) is 19.8. The number of halogens is 2. The van der Waals surface area contributed by atoms with Crippen molar-refractivity contribution in [1.82, 2.24) is 10.2 Å². The Morgan fingerprint density at radius 2 is 1.75 bits per heavy atom. The molecule has 0 radical (unpaired) electrons. The van der Waals surface area contributed by atoms with Crippen LogP contribution in [-0.4, -0.2) is 35.5 Å². The third-order valence-electron chi connectivity index (χ3n) is 6.92. The molecule has 36 heavy (non-hydrogen) atoms. The lowest BCUT2D eigenvalue weighted by Crippen LogP contribution is -2.42. The molecule has 1 aliphatic heterocycles. The van der Waals surface area contributed by atoms with Crippen LogP contribution < -0.4 is 5.32 Å². The van der Waals surface area contributed by atoms with Crippen LogP contribution in [0, 0.1) is 11.6 Å². The van der Waals surface area contributed by atoms with Gasteiger partial charge < -0.3 is 14.8 Å². The van der Waals surface area contributed by atoms with E-state index in [2.05, 4.69) is 10.2 Å². The number of rotatable bonds is 7. The minimum atomic E-state index is -0.991. The lowest BCUT2D eigenvalue weighted by Gasteiger charge is -2.38. The number of carbonyl (C=O) groups is 1. The number of amides is 1. The fourth-order valence-corrected chi connectivity index (χ4v) is 4.74. The largest absolute Gasteiger partial charge is 0.451 e. The van der Waals surface area contributed by atoms with E-state index in [1.807, 2.05) is 18.2 Å². The van der Waals surface area contributed by atoms with Gasteiger partial charge in [0, 0.05) is 37.1 Å². The van der Waals surface area contributed by atoms with E-state index in [9.17, 15) is 18.7 Å². The summed E-state index contributed by atoms with van der Waals surface area (Å²) in [7, 11) is 0. The Morgan fingerprint density at radius 1 is 1.00 bits per heavy atom. The monoisotopic (exact) mass is 490 g/mol. The third kappa shape index (κ3) is 5.32. The van der Waals surface area contributed by atoms with Crippen molar-refractivity contribution >= 4 is 16.9 Å². The fourth-order valence-electron chi connectivity index (χ4n) is 4.74. The zero-order chi connectivity index (χ0) is 25.1. The van der Waals surface area contributed by atoms with Crippen molar-refractivity contribution < 1.29 is 23.1 Å². The van der Waals surface area contributed by atoms with Crippen molar-refractivity contribution in [3.8, 4) is 0 Å². The van der Waals surface area contributed by atoms with Crippen molar-refractivity contribution in [2.24, 2.45) is 0 Å². The molecule has 2 N–H and O–H groups in total. The van der Waals surface area contributed by atoms with Crippen molar-refractivity contribution in [2.75, 3.05) is 19.6 Å². The molecule has 1 amide bonds. The van der Waals surface area contributed by atoms with Gasteiger partial charge in [-0.25, -0.2) is 8.78 Å². The number of benzene rings is 3. The van der Waals surface area contributed by atoms with Gasteiger partial charge in [-0.3, -0.25) is 9.69 Å². The maximum Gasteiger partial charge on any atom is 0.287 e. The van der Waals surface area contributed by atoms with Gasteiger partial charge in [-0.05, 0) is 66.8 Å². The number of piperidine rings is 1. The molecular weight excluding hydrogens is 462 g/mol. The Labute approximate surface area is 208 Å². The average molecular weight is 491 g/mol. The average Bonchev–Trinajstić information content (AvgIpc) is 3.32. The SMILES string of the molecule is O=C(NCCc1ccc(F)cc1)c1cc2cc(C3(O)CCN(Cc4ccccc4F)CC3)ccc2o1. The number of nitrogens with zero attached hydrogens (tertiary/aromatic N) is 1. The maximum absolute atomic E-state index is 14.0. The van der Waals surface area contributed by atoms with E-state index in [4.69, 9.17) is 4.42 Å². The fraction of sp³-hybridized carbons (Fsp3) is 0.276. The van der Waals surface area contributed by atoms with E-state index in [-0.39, 0.29) is 23.3 Å². The van der Waals surface area contributed by atoms with E-state index in [0.717, 1.165) is 16.5 Å². The quantitative estimate of drug-likeness (QED) is 0.375. The number of carbonyl (C=O) groups excluding carboxylic acids is 1. The standard InChI is InChI=1S/C29H28F2N2O3/c30-24-8-5-20(6-9-24)11-14-32-28(34)27-18-22-17-23(7-10-26(22)36-27)29(35)12-15-33(16-13-29)19-21-3-1-2-4-25(21)31/h1-10,17-18,35H,11-16,19H2,(H,32,34). The minimum Gasteiger partial charge on any atom is -0.451 e. The normalized spacial score (nSPS) is 15.8. The number of nitrogens with one attached hydrogen (secondary N) is 1. The molecule has 0 saturated carbocycles. The van der Waals surface area contributed by atoms with Crippen LogP contribution >= 0.6 is 0 Å². The predicted octanol–water partition coefficient (Wildman–Crippen LogP) is 5.17. The Bertz CT molecular complexity index is 1360. The van der Waals surface area contributed by atoms with E-state index in [0.29, 0.717) is 56.6 Å². The molecule has 5 rings (SSSR count). The molecule has 4 aromatic rings. The van der Waals surface area contributed by atoms with E-state index < -0.39 is 5.60 Å². The molecule has 0 atom stereocenters. The second-order valence-corrected chi connectivity index (χ2v) is 9.39. The van der Waals surface area contributed by atoms with E-state index in [1.165, 1.54) is 18.2 Å². The first-order valence-electron chi connectivity index (χ1n) is 12.1. The molecule has 0 unspecified atom stereocenters. The van der Waals surface area contributed by atoms with Gasteiger partial charge in [0.05, 0.1) is 5.60 Å². The van der Waals surface area contributed by atoms with Crippen LogP contribution in [0.15, 0.2) is 77.2 Å². The molecule has 0 spiro atoms.